The van der Waals surface area contributed by atoms with Crippen LogP contribution in [0.3, 0.4) is 0 Å². The molecule has 1 atom stereocenters. The van der Waals surface area contributed by atoms with E-state index in [2.05, 4.69) is 120 Å². The van der Waals surface area contributed by atoms with Crippen LogP contribution in [0.2, 0.25) is 18.1 Å². The van der Waals surface area contributed by atoms with Gasteiger partial charge in [0, 0.05) is 6.10 Å². The lowest BCUT2D eigenvalue weighted by Gasteiger charge is -2.42. The van der Waals surface area contributed by atoms with E-state index in [1.54, 1.807) is 0 Å². The predicted molar refractivity (Wildman–Crippen MR) is 142 cm³/mol. The van der Waals surface area contributed by atoms with Crippen LogP contribution in [-0.2, 0) is 15.0 Å². The molecule has 0 aliphatic heterocycles. The molecule has 0 spiro atoms. The fraction of sp³-hybridized carbons (Fsp3) is 0.357. The Balaban J connectivity index is 2.08. The highest BCUT2D eigenvalue weighted by atomic mass is 28.4. The fourth-order valence-electron chi connectivity index (χ4n) is 4.41. The second-order valence-electron chi connectivity index (χ2n) is 8.81. The van der Waals surface area contributed by atoms with Gasteiger partial charge in [0.05, 0.1) is 0 Å². The molecule has 0 radical (unpaired) electrons. The number of rotatable bonds is 11. The maximum Gasteiger partial charge on any atom is 0.397 e. The van der Waals surface area contributed by atoms with E-state index in [-0.39, 0.29) is 6.10 Å². The zero-order chi connectivity index (χ0) is 23.0. The molecule has 0 N–H and O–H groups in total. The van der Waals surface area contributed by atoms with Crippen LogP contribution >= 0.6 is 0 Å². The van der Waals surface area contributed by atoms with Crippen LogP contribution in [0.4, 0.5) is 0 Å². The van der Waals surface area contributed by atoms with Crippen molar-refractivity contribution in [3.05, 3.63) is 96.1 Å². The van der Waals surface area contributed by atoms with Crippen LogP contribution in [0.5, 0.6) is 0 Å². The lowest BCUT2D eigenvalue weighted by molar-refractivity contribution is 0.179. The number of hydrogen-bond acceptors (Lipinski definition) is 2. The molecular formula is C28H38O2Si2. The summed E-state index contributed by atoms with van der Waals surface area (Å²) in [6.07, 6.45) is 0.916. The van der Waals surface area contributed by atoms with E-state index in [1.807, 2.05) is 0 Å². The lowest BCUT2D eigenvalue weighted by atomic mass is 10.1. The number of benzene rings is 3. The summed E-state index contributed by atoms with van der Waals surface area (Å²) < 4.78 is 14.6. The first-order chi connectivity index (χ1) is 15.5. The Kier molecular flexibility index (Phi) is 8.66. The molecule has 1 unspecified atom stereocenters. The van der Waals surface area contributed by atoms with Crippen molar-refractivity contribution in [1.29, 1.82) is 0 Å². The van der Waals surface area contributed by atoms with Crippen molar-refractivity contribution < 1.29 is 8.54 Å². The van der Waals surface area contributed by atoms with Crippen molar-refractivity contribution in [3.8, 4) is 0 Å². The standard InChI is InChI=1S/C28H38O2Si2/c1-6-31(7-2,8-3)30-32(27-15-11-9-12-16-27,28-17-13-10-14-18-28)29-25(5)23-26-21-19-24(4)20-22-26/h9-22,25H,6-8,23H2,1-5H3. The van der Waals surface area contributed by atoms with E-state index in [4.69, 9.17) is 8.54 Å². The third kappa shape index (κ3) is 5.68. The predicted octanol–water partition coefficient (Wildman–Crippen LogP) is 6.22. The van der Waals surface area contributed by atoms with Gasteiger partial charge in [-0.15, -0.1) is 0 Å². The topological polar surface area (TPSA) is 18.5 Å². The summed E-state index contributed by atoms with van der Waals surface area (Å²) in [5.74, 6) is 0. The van der Waals surface area contributed by atoms with Crippen LogP contribution < -0.4 is 10.4 Å². The Morgan fingerprint density at radius 1 is 0.688 bits per heavy atom. The number of hydrogen-bond donors (Lipinski definition) is 0. The van der Waals surface area contributed by atoms with Crippen LogP contribution in [0, 0.1) is 6.92 Å². The van der Waals surface area contributed by atoms with Gasteiger partial charge in [-0.25, -0.2) is 0 Å². The van der Waals surface area contributed by atoms with E-state index in [0.717, 1.165) is 24.6 Å². The van der Waals surface area contributed by atoms with Gasteiger partial charge in [-0.3, -0.25) is 0 Å². The largest absolute Gasteiger partial charge is 0.429 e. The average molecular weight is 463 g/mol. The molecule has 4 heteroatoms. The van der Waals surface area contributed by atoms with Crippen molar-refractivity contribution in [3.63, 3.8) is 0 Å². The molecule has 0 saturated heterocycles. The fourth-order valence-corrected chi connectivity index (χ4v) is 13.7. The van der Waals surface area contributed by atoms with Gasteiger partial charge < -0.3 is 8.54 Å². The van der Waals surface area contributed by atoms with E-state index >= 15 is 0 Å². The Morgan fingerprint density at radius 2 is 1.16 bits per heavy atom. The molecule has 0 aromatic heterocycles. The van der Waals surface area contributed by atoms with Gasteiger partial charge in [0.15, 0.2) is 8.32 Å². The highest BCUT2D eigenvalue weighted by Gasteiger charge is 2.49. The summed E-state index contributed by atoms with van der Waals surface area (Å²) in [5, 5.41) is 2.41. The van der Waals surface area contributed by atoms with Gasteiger partial charge in [-0.2, -0.15) is 0 Å². The van der Waals surface area contributed by atoms with Crippen molar-refractivity contribution in [1.82, 2.24) is 0 Å². The maximum atomic E-state index is 7.43. The van der Waals surface area contributed by atoms with Crippen LogP contribution in [0.15, 0.2) is 84.9 Å². The molecule has 170 valence electrons. The summed E-state index contributed by atoms with van der Waals surface area (Å²) in [6, 6.07) is 33.5. The summed E-state index contributed by atoms with van der Waals surface area (Å²) in [6.45, 7) is 11.2. The molecule has 3 rings (SSSR count). The summed E-state index contributed by atoms with van der Waals surface area (Å²) in [4.78, 5) is 0. The van der Waals surface area contributed by atoms with E-state index in [1.165, 1.54) is 21.5 Å². The third-order valence-corrected chi connectivity index (χ3v) is 16.3. The Hall–Kier alpha value is -1.99. The van der Waals surface area contributed by atoms with Crippen LogP contribution in [0.1, 0.15) is 38.8 Å². The first-order valence-electron chi connectivity index (χ1n) is 12.0. The zero-order valence-corrected chi connectivity index (χ0v) is 22.3. The third-order valence-electron chi connectivity index (χ3n) is 6.61. The van der Waals surface area contributed by atoms with Crippen molar-refractivity contribution >= 4 is 27.3 Å². The highest BCUT2D eigenvalue weighted by Crippen LogP contribution is 2.28. The second kappa shape index (κ2) is 11.2. The first kappa shape index (κ1) is 24.7. The van der Waals surface area contributed by atoms with Crippen molar-refractivity contribution in [2.45, 2.75) is 65.3 Å². The smallest absolute Gasteiger partial charge is 0.397 e. The molecule has 3 aromatic rings. The Morgan fingerprint density at radius 3 is 1.59 bits per heavy atom. The van der Waals surface area contributed by atoms with Gasteiger partial charge in [-0.1, -0.05) is 111 Å². The molecule has 0 aliphatic rings. The van der Waals surface area contributed by atoms with Crippen LogP contribution in [-0.4, -0.2) is 23.0 Å². The lowest BCUT2D eigenvalue weighted by Crippen LogP contribution is -2.68. The minimum absolute atomic E-state index is 0.0436. The van der Waals surface area contributed by atoms with Gasteiger partial charge >= 0.3 is 8.56 Å². The molecule has 0 bridgehead atoms. The van der Waals surface area contributed by atoms with Crippen molar-refractivity contribution in [2.75, 3.05) is 0 Å². The molecule has 2 nitrogen and oxygen atoms in total. The van der Waals surface area contributed by atoms with Gasteiger partial charge in [0.2, 0.25) is 0 Å². The molecule has 0 fully saturated rings. The monoisotopic (exact) mass is 462 g/mol. The zero-order valence-electron chi connectivity index (χ0n) is 20.3. The molecule has 0 saturated carbocycles. The van der Waals surface area contributed by atoms with Gasteiger partial charge in [-0.05, 0) is 54.3 Å². The summed E-state index contributed by atoms with van der Waals surface area (Å²) in [7, 11) is -4.86. The minimum atomic E-state index is -2.91. The van der Waals surface area contributed by atoms with Gasteiger partial charge in [0.25, 0.3) is 0 Å². The number of aryl methyl sites for hydroxylation is 1. The molecule has 0 heterocycles. The Labute approximate surface area is 197 Å². The van der Waals surface area contributed by atoms with Crippen LogP contribution in [0.25, 0.3) is 0 Å². The average Bonchev–Trinajstić information content (AvgIpc) is 2.84. The summed E-state index contributed by atoms with van der Waals surface area (Å²) in [5.41, 5.74) is 2.59. The normalized spacial score (nSPS) is 13.2. The van der Waals surface area contributed by atoms with E-state index in [0.29, 0.717) is 0 Å². The van der Waals surface area contributed by atoms with Crippen molar-refractivity contribution in [2.24, 2.45) is 0 Å². The molecule has 0 amide bonds. The SMILES string of the molecule is CC[Si](CC)(CC)O[Si](OC(C)Cc1ccc(C)cc1)(c1ccccc1)c1ccccc1. The minimum Gasteiger partial charge on any atom is -0.429 e. The second-order valence-corrected chi connectivity index (χ2v) is 16.7. The quantitative estimate of drug-likeness (QED) is 0.315. The molecular weight excluding hydrogens is 424 g/mol. The van der Waals surface area contributed by atoms with E-state index < -0.39 is 16.9 Å². The first-order valence-corrected chi connectivity index (χ1v) is 16.4. The Bertz CT molecular complexity index is 890. The molecule has 3 aromatic carbocycles. The molecule has 0 aliphatic carbocycles. The van der Waals surface area contributed by atoms with E-state index in [9.17, 15) is 0 Å². The van der Waals surface area contributed by atoms with Gasteiger partial charge in [0.1, 0.15) is 0 Å². The molecule has 32 heavy (non-hydrogen) atoms. The maximum absolute atomic E-state index is 7.43. The summed E-state index contributed by atoms with van der Waals surface area (Å²) >= 11 is 0. The highest BCUT2D eigenvalue weighted by molar-refractivity contribution is 6.98.